The van der Waals surface area contributed by atoms with Gasteiger partial charge in [0.05, 0.1) is 36.2 Å². The first-order valence-corrected chi connectivity index (χ1v) is 19.0. The number of thioether (sulfide) groups is 1. The van der Waals surface area contributed by atoms with Crippen LogP contribution in [0, 0.1) is 0 Å². The van der Waals surface area contributed by atoms with Crippen molar-refractivity contribution in [2.24, 2.45) is 0 Å². The summed E-state index contributed by atoms with van der Waals surface area (Å²) in [6.45, 7) is 5.64. The molecule has 2 aromatic carbocycles. The molecule has 0 N–H and O–H groups in total. The highest BCUT2D eigenvalue weighted by Gasteiger charge is 2.27. The maximum atomic E-state index is 11.6. The van der Waals surface area contributed by atoms with Crippen LogP contribution in [-0.4, -0.2) is 43.0 Å². The van der Waals surface area contributed by atoms with E-state index in [1.165, 1.54) is 13.8 Å². The van der Waals surface area contributed by atoms with Crippen molar-refractivity contribution in [3.63, 3.8) is 0 Å². The predicted octanol–water partition coefficient (Wildman–Crippen LogP) is 6.61. The van der Waals surface area contributed by atoms with Gasteiger partial charge in [0.25, 0.3) is 5.01 Å². The molecule has 0 fully saturated rings. The van der Waals surface area contributed by atoms with Crippen molar-refractivity contribution in [3.8, 4) is 0 Å². The number of rotatable bonds is 11. The van der Waals surface area contributed by atoms with Gasteiger partial charge in [-0.1, -0.05) is 61.9 Å². The van der Waals surface area contributed by atoms with Gasteiger partial charge in [-0.15, -0.1) is 0 Å². The Labute approximate surface area is 266 Å². The van der Waals surface area contributed by atoms with Gasteiger partial charge in [-0.2, -0.15) is 4.57 Å². The number of benzene rings is 2. The molecule has 1 aliphatic rings. The summed E-state index contributed by atoms with van der Waals surface area (Å²) in [7, 11) is -8.79. The highest BCUT2D eigenvalue weighted by atomic mass is 79.9. The smallest absolute Gasteiger partial charge is 0.263 e. The number of anilines is 1. The van der Waals surface area contributed by atoms with Gasteiger partial charge < -0.3 is 14.0 Å². The second-order valence-corrected chi connectivity index (χ2v) is 17.3. The highest BCUT2D eigenvalue weighted by Crippen LogP contribution is 2.47. The molecule has 0 spiro atoms. The van der Waals surface area contributed by atoms with E-state index in [1.54, 1.807) is 23.1 Å². The van der Waals surface area contributed by atoms with Gasteiger partial charge in [0.1, 0.15) is 4.70 Å². The number of hydrogen-bond acceptors (Lipinski definition) is 9. The molecule has 41 heavy (non-hydrogen) atoms. The zero-order valence-corrected chi connectivity index (χ0v) is 29.0. The molecule has 0 radical (unpaired) electrons. The van der Waals surface area contributed by atoms with Crippen molar-refractivity contribution >= 4 is 97.2 Å². The molecule has 2 atom stereocenters. The summed E-state index contributed by atoms with van der Waals surface area (Å²) in [5, 5.41) is -0.182. The maximum absolute atomic E-state index is 11.6. The Bertz CT molecular complexity index is 1740. The summed E-state index contributed by atoms with van der Waals surface area (Å²) in [5.74, 6) is 0. The van der Waals surface area contributed by atoms with Crippen molar-refractivity contribution in [1.82, 2.24) is 0 Å². The van der Waals surface area contributed by atoms with Gasteiger partial charge in [-0.05, 0) is 68.7 Å². The number of thiazole rings is 1. The maximum Gasteiger partial charge on any atom is 0.263 e. The molecule has 1 aromatic heterocycles. The molecule has 1 aliphatic heterocycles. The number of fused-ring (bicyclic) bond motifs is 2. The van der Waals surface area contributed by atoms with E-state index in [0.29, 0.717) is 19.5 Å². The van der Waals surface area contributed by atoms with Crippen molar-refractivity contribution in [3.05, 3.63) is 67.0 Å². The van der Waals surface area contributed by atoms with Gasteiger partial charge in [0.15, 0.2) is 6.54 Å². The lowest BCUT2D eigenvalue weighted by Gasteiger charge is -2.24. The van der Waals surface area contributed by atoms with Gasteiger partial charge >= 0.3 is 0 Å². The van der Waals surface area contributed by atoms with Crippen LogP contribution >= 0.6 is 55.0 Å². The van der Waals surface area contributed by atoms with Crippen LogP contribution in [0.5, 0.6) is 0 Å². The first kappa shape index (κ1) is 32.6. The average Bonchev–Trinajstić information content (AvgIpc) is 3.40. The van der Waals surface area contributed by atoms with Crippen LogP contribution in [0.15, 0.2) is 66.9 Å². The molecule has 4 rings (SSSR count). The Morgan fingerprint density at radius 3 is 2.29 bits per heavy atom. The summed E-state index contributed by atoms with van der Waals surface area (Å²) in [6, 6.07) is 11.9. The van der Waals surface area contributed by atoms with Crippen LogP contribution in [0.4, 0.5) is 5.69 Å². The van der Waals surface area contributed by atoms with Crippen LogP contribution in [0.2, 0.25) is 0 Å². The summed E-state index contributed by atoms with van der Waals surface area (Å²) in [6.07, 6.45) is 5.22. The van der Waals surface area contributed by atoms with Crippen molar-refractivity contribution in [1.29, 1.82) is 0 Å². The summed E-state index contributed by atoms with van der Waals surface area (Å²) < 4.78 is 74.2. The molecule has 8 nitrogen and oxygen atoms in total. The molecule has 14 heteroatoms. The van der Waals surface area contributed by atoms with Crippen LogP contribution in [-0.2, 0) is 26.8 Å². The van der Waals surface area contributed by atoms with E-state index in [2.05, 4.69) is 44.0 Å². The minimum Gasteiger partial charge on any atom is -0.748 e. The van der Waals surface area contributed by atoms with E-state index in [-0.39, 0.29) is 12.8 Å². The fourth-order valence-electron chi connectivity index (χ4n) is 4.30. The molecule has 0 bridgehead atoms. The number of halogens is 2. The molecule has 0 aliphatic carbocycles. The van der Waals surface area contributed by atoms with E-state index in [1.807, 2.05) is 52.8 Å². The largest absolute Gasteiger partial charge is 0.748 e. The fraction of sp³-hybridized carbons (Fsp3) is 0.370. The Morgan fingerprint density at radius 1 is 1.00 bits per heavy atom. The standard InChI is InChI=1S/C27H30Br2N2O6S4/c1-4-19(13-26-30(11-9-17(2)40(32,33)34)22-15-20(28)5-7-24(22)38-26)14-27-31(12-10-18(3)41(35,36)37)23-16-21(29)6-8-25(23)39-27/h5-8,13-18H,4,9-12H2,1-3H3,(H-,32,33,34,35,36,37)/p-1. The van der Waals surface area contributed by atoms with Gasteiger partial charge in [-0.25, -0.2) is 16.8 Å². The lowest BCUT2D eigenvalue weighted by Crippen LogP contribution is -2.37. The molecule has 0 amide bonds. The minimum atomic E-state index is -4.39. The number of aromatic nitrogens is 1. The third kappa shape index (κ3) is 8.02. The van der Waals surface area contributed by atoms with Crippen LogP contribution < -0.4 is 9.47 Å². The van der Waals surface area contributed by atoms with E-state index in [4.69, 9.17) is 0 Å². The number of aryl methyl sites for hydroxylation is 1. The molecule has 0 saturated heterocycles. The van der Waals surface area contributed by atoms with Crippen LogP contribution in [0.25, 0.3) is 16.3 Å². The second kappa shape index (κ2) is 13.2. The highest BCUT2D eigenvalue weighted by molar-refractivity contribution is 9.10. The summed E-state index contributed by atoms with van der Waals surface area (Å²) in [5.41, 5.74) is 2.89. The summed E-state index contributed by atoms with van der Waals surface area (Å²) in [4.78, 5) is 3.08. The van der Waals surface area contributed by atoms with E-state index in [9.17, 15) is 25.9 Å². The molecule has 2 unspecified atom stereocenters. The Balaban J connectivity index is 1.73. The second-order valence-electron chi connectivity index (χ2n) is 9.81. The minimum absolute atomic E-state index is 0.187. The molecule has 2 heterocycles. The van der Waals surface area contributed by atoms with Crippen molar-refractivity contribution in [2.45, 2.75) is 62.0 Å². The van der Waals surface area contributed by atoms with Gasteiger partial charge in [-0.3, -0.25) is 0 Å². The Hall–Kier alpha value is -1.26. The molecular formula is C27H29Br2N2O6S4-. The average molecular weight is 766 g/mol. The van der Waals surface area contributed by atoms with E-state index in [0.717, 1.165) is 45.4 Å². The van der Waals surface area contributed by atoms with Gasteiger partial charge in [0, 0.05) is 44.2 Å². The van der Waals surface area contributed by atoms with E-state index >= 15 is 0 Å². The third-order valence-electron chi connectivity index (χ3n) is 6.91. The SMILES string of the molecule is CCC(/C=C1\Sc2ccc(Br)cc2N1CCC(C)S(=O)(=O)[O-])=C\c1sc2ccc(Br)cc2[n+]1CCC(C)S(=O)(=O)[O-]. The van der Waals surface area contributed by atoms with E-state index < -0.39 is 30.7 Å². The number of allylic oxidation sites excluding steroid dienone is 2. The first-order valence-electron chi connectivity index (χ1n) is 12.9. The first-order chi connectivity index (χ1) is 19.2. The molecule has 222 valence electrons. The third-order valence-corrected chi connectivity index (χ3v) is 12.6. The Kier molecular flexibility index (Phi) is 10.5. The fourth-order valence-corrected chi connectivity index (χ4v) is 8.07. The zero-order valence-electron chi connectivity index (χ0n) is 22.5. The quantitative estimate of drug-likeness (QED) is 0.158. The zero-order chi connectivity index (χ0) is 30.1. The van der Waals surface area contributed by atoms with Crippen LogP contribution in [0.1, 0.15) is 45.0 Å². The normalized spacial score (nSPS) is 16.9. The Morgan fingerprint density at radius 2 is 1.63 bits per heavy atom. The lowest BCUT2D eigenvalue weighted by molar-refractivity contribution is -0.669. The summed E-state index contributed by atoms with van der Waals surface area (Å²) >= 11 is 10.2. The van der Waals surface area contributed by atoms with Crippen LogP contribution in [0.3, 0.4) is 0 Å². The molecule has 3 aromatic rings. The van der Waals surface area contributed by atoms with Gasteiger partial charge in [0.2, 0.25) is 5.52 Å². The lowest BCUT2D eigenvalue weighted by atomic mass is 10.2. The van der Waals surface area contributed by atoms with Crippen molar-refractivity contribution < 1.29 is 30.5 Å². The number of hydrogen-bond donors (Lipinski definition) is 0. The molecular weight excluding hydrogens is 736 g/mol. The molecule has 0 saturated carbocycles. The topological polar surface area (TPSA) is 122 Å². The number of nitrogens with zero attached hydrogens (tertiary/aromatic N) is 2. The monoisotopic (exact) mass is 763 g/mol. The predicted molar refractivity (Wildman–Crippen MR) is 171 cm³/mol. The van der Waals surface area contributed by atoms with Crippen molar-refractivity contribution in [2.75, 3.05) is 11.4 Å².